The Bertz CT molecular complexity index is 1080. The molecule has 2 heterocycles. The molecule has 0 radical (unpaired) electrons. The summed E-state index contributed by atoms with van der Waals surface area (Å²) in [7, 11) is 0. The van der Waals surface area contributed by atoms with Gasteiger partial charge in [-0.1, -0.05) is 60.7 Å². The zero-order valence-corrected chi connectivity index (χ0v) is 20.4. The summed E-state index contributed by atoms with van der Waals surface area (Å²) in [6, 6.07) is 18.5. The first kappa shape index (κ1) is 23.5. The number of amidine groups is 1. The van der Waals surface area contributed by atoms with Gasteiger partial charge in [-0.3, -0.25) is 5.01 Å². The van der Waals surface area contributed by atoms with Crippen LogP contribution in [0.25, 0.3) is 0 Å². The van der Waals surface area contributed by atoms with E-state index in [4.69, 9.17) is 10.8 Å². The molecular weight excluding hydrogens is 432 g/mol. The van der Waals surface area contributed by atoms with Crippen molar-refractivity contribution in [1.82, 2.24) is 15.2 Å². The van der Waals surface area contributed by atoms with E-state index in [1.54, 1.807) is 5.01 Å². The van der Waals surface area contributed by atoms with Gasteiger partial charge in [-0.15, -0.1) is 13.2 Å². The number of benzene rings is 2. The molecule has 1 atom stereocenters. The molecule has 2 aliphatic heterocycles. The molecule has 0 spiro atoms. The van der Waals surface area contributed by atoms with Gasteiger partial charge in [-0.2, -0.15) is 4.99 Å². The number of hydrogen-bond donors (Lipinski definition) is 2. The number of nitrogens with one attached hydrogen (secondary N) is 1. The highest BCUT2D eigenvalue weighted by Crippen LogP contribution is 2.33. The van der Waals surface area contributed by atoms with E-state index in [1.165, 1.54) is 22.3 Å². The first-order valence-electron chi connectivity index (χ1n) is 12.8. The third-order valence-electron chi connectivity index (χ3n) is 7.36. The fourth-order valence-electron chi connectivity index (χ4n) is 5.53. The Labute approximate surface area is 208 Å². The number of aliphatic imine (C=N–C) groups is 2. The lowest BCUT2D eigenvalue weighted by molar-refractivity contribution is 0.219. The van der Waals surface area contributed by atoms with Gasteiger partial charge >= 0.3 is 0 Å². The molecule has 0 aromatic heterocycles. The third-order valence-corrected chi connectivity index (χ3v) is 7.36. The molecule has 3 aliphatic rings. The zero-order valence-electron chi connectivity index (χ0n) is 20.4. The van der Waals surface area contributed by atoms with Crippen LogP contribution >= 0.6 is 0 Å². The summed E-state index contributed by atoms with van der Waals surface area (Å²) in [5, 5.41) is 5.75. The molecule has 2 aromatic rings. The molecule has 1 fully saturated rings. The van der Waals surface area contributed by atoms with Crippen LogP contribution in [0.3, 0.4) is 0 Å². The molecule has 3 N–H and O–H groups in total. The molecule has 6 heteroatoms. The summed E-state index contributed by atoms with van der Waals surface area (Å²) in [6.45, 7) is 9.53. The lowest BCUT2D eigenvalue weighted by atomic mass is 9.92. The zero-order chi connectivity index (χ0) is 24.2. The number of fused-ring (bicyclic) bond motifs is 2. The maximum atomic E-state index is 6.47. The summed E-state index contributed by atoms with van der Waals surface area (Å²) in [5.41, 5.74) is 5.75. The quantitative estimate of drug-likeness (QED) is 0.489. The van der Waals surface area contributed by atoms with E-state index < -0.39 is 0 Å². The van der Waals surface area contributed by atoms with Crippen LogP contribution < -0.4 is 11.2 Å². The molecule has 1 aliphatic carbocycles. The van der Waals surface area contributed by atoms with Crippen LogP contribution in [-0.2, 0) is 12.8 Å². The van der Waals surface area contributed by atoms with Crippen LogP contribution in [0.1, 0.15) is 54.0 Å². The summed E-state index contributed by atoms with van der Waals surface area (Å²) < 4.78 is 0. The van der Waals surface area contributed by atoms with E-state index in [2.05, 4.69) is 76.9 Å². The van der Waals surface area contributed by atoms with Crippen LogP contribution in [0.5, 0.6) is 0 Å². The van der Waals surface area contributed by atoms with E-state index in [-0.39, 0.29) is 12.2 Å². The van der Waals surface area contributed by atoms with Gasteiger partial charge in [-0.25, -0.2) is 10.8 Å². The fourth-order valence-corrected chi connectivity index (χ4v) is 5.53. The van der Waals surface area contributed by atoms with Crippen LogP contribution in [0.4, 0.5) is 0 Å². The first-order chi connectivity index (χ1) is 17.2. The van der Waals surface area contributed by atoms with Crippen molar-refractivity contribution in [3.8, 4) is 0 Å². The number of likely N-dealkylation sites (tertiary alicyclic amines) is 1. The van der Waals surface area contributed by atoms with Gasteiger partial charge in [0.2, 0.25) is 5.96 Å². The van der Waals surface area contributed by atoms with E-state index in [0.29, 0.717) is 18.9 Å². The largest absolute Gasteiger partial charge is 0.341 e. The van der Waals surface area contributed by atoms with Crippen molar-refractivity contribution in [2.45, 2.75) is 56.8 Å². The van der Waals surface area contributed by atoms with Crippen LogP contribution in [-0.4, -0.2) is 47.0 Å². The van der Waals surface area contributed by atoms with Gasteiger partial charge in [0.25, 0.3) is 0 Å². The highest BCUT2D eigenvalue weighted by molar-refractivity contribution is 5.98. The number of guanidine groups is 1. The molecule has 2 aromatic carbocycles. The average molecular weight is 469 g/mol. The standard InChI is InChI=1S/C29H36N6/c1-3-9-26-32-27(10-4-2)35(30)29(33-26)34-19-17-23(18-20-34)31-28-24-13-7-5-11-21(24)15-16-22-12-6-8-14-25(22)28/h3-8,11-14,23,27-28,31H,1-2,9-10,15-20,30H2. The molecule has 182 valence electrons. The fraction of sp³-hybridized carbons (Fsp3) is 0.379. The molecule has 5 rings (SSSR count). The van der Waals surface area contributed by atoms with E-state index in [9.17, 15) is 0 Å². The van der Waals surface area contributed by atoms with Crippen molar-refractivity contribution in [2.24, 2.45) is 15.8 Å². The van der Waals surface area contributed by atoms with Gasteiger partial charge in [0, 0.05) is 32.0 Å². The van der Waals surface area contributed by atoms with Crippen molar-refractivity contribution in [3.05, 3.63) is 96.1 Å². The van der Waals surface area contributed by atoms with E-state index in [0.717, 1.165) is 50.6 Å². The van der Waals surface area contributed by atoms with Crippen molar-refractivity contribution in [2.75, 3.05) is 13.1 Å². The van der Waals surface area contributed by atoms with E-state index >= 15 is 0 Å². The molecule has 1 saturated heterocycles. The number of aryl methyl sites for hydroxylation is 2. The number of rotatable bonds is 6. The highest BCUT2D eigenvalue weighted by atomic mass is 15.6. The predicted molar refractivity (Wildman–Crippen MR) is 144 cm³/mol. The number of hydrogen-bond acceptors (Lipinski definition) is 6. The van der Waals surface area contributed by atoms with Crippen molar-refractivity contribution < 1.29 is 0 Å². The maximum absolute atomic E-state index is 6.47. The minimum absolute atomic E-state index is 0.162. The molecule has 6 nitrogen and oxygen atoms in total. The summed E-state index contributed by atoms with van der Waals surface area (Å²) in [6.07, 6.45) is 9.13. The average Bonchev–Trinajstić information content (AvgIpc) is 3.04. The summed E-state index contributed by atoms with van der Waals surface area (Å²) in [5.74, 6) is 8.07. The smallest absolute Gasteiger partial charge is 0.219 e. The Balaban J connectivity index is 1.32. The lowest BCUT2D eigenvalue weighted by Gasteiger charge is -2.41. The predicted octanol–water partition coefficient (Wildman–Crippen LogP) is 4.35. The van der Waals surface area contributed by atoms with E-state index in [1.807, 2.05) is 12.2 Å². The molecular formula is C29H36N6. The summed E-state index contributed by atoms with van der Waals surface area (Å²) in [4.78, 5) is 11.8. The monoisotopic (exact) mass is 468 g/mol. The molecule has 1 unspecified atom stereocenters. The minimum Gasteiger partial charge on any atom is -0.341 e. The number of piperidine rings is 1. The second-order valence-corrected chi connectivity index (χ2v) is 9.62. The third kappa shape index (κ3) is 4.95. The molecule has 35 heavy (non-hydrogen) atoms. The van der Waals surface area contributed by atoms with Crippen LogP contribution in [0, 0.1) is 0 Å². The molecule has 0 saturated carbocycles. The molecule has 0 amide bonds. The van der Waals surface area contributed by atoms with Crippen LogP contribution in [0.15, 0.2) is 83.8 Å². The van der Waals surface area contributed by atoms with Gasteiger partial charge in [0.15, 0.2) is 0 Å². The number of hydrazine groups is 1. The Hall–Kier alpha value is -3.22. The van der Waals surface area contributed by atoms with Gasteiger partial charge < -0.3 is 10.2 Å². The first-order valence-corrected chi connectivity index (χ1v) is 12.8. The lowest BCUT2D eigenvalue weighted by Crippen LogP contribution is -2.57. The van der Waals surface area contributed by atoms with Gasteiger partial charge in [-0.05, 0) is 47.9 Å². The number of nitrogens with zero attached hydrogens (tertiary/aromatic N) is 4. The Morgan fingerprint density at radius 2 is 1.57 bits per heavy atom. The van der Waals surface area contributed by atoms with Crippen molar-refractivity contribution in [3.63, 3.8) is 0 Å². The SMILES string of the molecule is C=CCC1=NC(CC=C)N(N)C(N2CCC(NC3c4ccccc4CCc4ccccc43)CC2)=N1. The second kappa shape index (κ2) is 10.6. The van der Waals surface area contributed by atoms with Gasteiger partial charge in [0.05, 0.1) is 6.04 Å². The normalized spacial score (nSPS) is 20.9. The topological polar surface area (TPSA) is 69.2 Å². The second-order valence-electron chi connectivity index (χ2n) is 9.62. The maximum Gasteiger partial charge on any atom is 0.219 e. The van der Waals surface area contributed by atoms with Crippen LogP contribution in [0.2, 0.25) is 0 Å². The Morgan fingerprint density at radius 1 is 0.943 bits per heavy atom. The highest BCUT2D eigenvalue weighted by Gasteiger charge is 2.32. The Kier molecular flexibility index (Phi) is 7.11. The Morgan fingerprint density at radius 3 is 2.17 bits per heavy atom. The van der Waals surface area contributed by atoms with Gasteiger partial charge in [0.1, 0.15) is 12.0 Å². The minimum atomic E-state index is -0.162. The number of nitrogens with two attached hydrogens (primary N) is 1. The van der Waals surface area contributed by atoms with Crippen molar-refractivity contribution in [1.29, 1.82) is 0 Å². The molecule has 0 bridgehead atoms. The summed E-state index contributed by atoms with van der Waals surface area (Å²) >= 11 is 0. The van der Waals surface area contributed by atoms with Crippen molar-refractivity contribution >= 4 is 11.8 Å².